The maximum atomic E-state index is 14.3. The highest BCUT2D eigenvalue weighted by atomic mass is 19.1. The Kier molecular flexibility index (Phi) is 5.32. The lowest BCUT2D eigenvalue weighted by atomic mass is 9.78. The van der Waals surface area contributed by atoms with E-state index >= 15 is 0 Å². The van der Waals surface area contributed by atoms with E-state index in [1.807, 2.05) is 24.3 Å². The molecule has 9 heteroatoms. The van der Waals surface area contributed by atoms with Gasteiger partial charge in [0.1, 0.15) is 5.54 Å². The Balaban J connectivity index is 1.40. The number of fused-ring (bicyclic) bond motifs is 4. The quantitative estimate of drug-likeness (QED) is 0.678. The van der Waals surface area contributed by atoms with Gasteiger partial charge in [-0.2, -0.15) is 0 Å². The molecule has 1 aromatic heterocycles. The molecule has 0 radical (unpaired) electrons. The van der Waals surface area contributed by atoms with E-state index in [-0.39, 0.29) is 36.5 Å². The van der Waals surface area contributed by atoms with E-state index in [1.165, 1.54) is 12.3 Å². The van der Waals surface area contributed by atoms with E-state index in [0.29, 0.717) is 25.9 Å². The molecule has 0 aliphatic carbocycles. The first kappa shape index (κ1) is 22.2. The second kappa shape index (κ2) is 8.41. The van der Waals surface area contributed by atoms with Crippen LogP contribution >= 0.6 is 0 Å². The molecule has 1 aromatic carbocycles. The summed E-state index contributed by atoms with van der Waals surface area (Å²) in [6, 6.07) is 9.31. The minimum Gasteiger partial charge on any atom is -0.356 e. The summed E-state index contributed by atoms with van der Waals surface area (Å²) in [4.78, 5) is 50.4. The number of hydrogen-bond acceptors (Lipinski definition) is 5. The van der Waals surface area contributed by atoms with Gasteiger partial charge < -0.3 is 15.1 Å². The smallest absolute Gasteiger partial charge is 0.257 e. The zero-order valence-electron chi connectivity index (χ0n) is 19.5. The number of carbonyl (C=O) groups excluding carboxylic acids is 3. The molecule has 35 heavy (non-hydrogen) atoms. The molecule has 4 aliphatic rings. The van der Waals surface area contributed by atoms with Gasteiger partial charge in [0, 0.05) is 49.7 Å². The molecule has 3 amide bonds. The molecule has 3 saturated heterocycles. The lowest BCUT2D eigenvalue weighted by molar-refractivity contribution is -0.139. The zero-order chi connectivity index (χ0) is 24.2. The van der Waals surface area contributed by atoms with E-state index in [2.05, 4.69) is 15.2 Å². The Morgan fingerprint density at radius 1 is 1.09 bits per heavy atom. The normalized spacial score (nSPS) is 28.6. The van der Waals surface area contributed by atoms with E-state index < -0.39 is 23.2 Å². The van der Waals surface area contributed by atoms with Crippen LogP contribution in [0.1, 0.15) is 41.6 Å². The Morgan fingerprint density at radius 2 is 1.94 bits per heavy atom. The first-order chi connectivity index (χ1) is 17.0. The number of nitrogens with zero attached hydrogens (tertiary/aromatic N) is 4. The van der Waals surface area contributed by atoms with E-state index in [9.17, 15) is 18.8 Å². The van der Waals surface area contributed by atoms with Crippen LogP contribution in [0.2, 0.25) is 0 Å². The first-order valence-electron chi connectivity index (χ1n) is 12.4. The van der Waals surface area contributed by atoms with Crippen molar-refractivity contribution < 1.29 is 18.8 Å². The highest BCUT2D eigenvalue weighted by Gasteiger charge is 2.67. The molecule has 3 atom stereocenters. The molecule has 1 N–H and O–H groups in total. The van der Waals surface area contributed by atoms with Crippen LogP contribution in [0.15, 0.2) is 42.7 Å². The molecule has 8 nitrogen and oxygen atoms in total. The molecule has 2 bridgehead atoms. The van der Waals surface area contributed by atoms with Crippen LogP contribution in [0.5, 0.6) is 0 Å². The summed E-state index contributed by atoms with van der Waals surface area (Å²) in [5.41, 5.74) is 0.626. The average Bonchev–Trinajstić information content (AvgIpc) is 3.51. The summed E-state index contributed by atoms with van der Waals surface area (Å²) in [6.07, 6.45) is 5.63. The van der Waals surface area contributed by atoms with Crippen LogP contribution in [0.25, 0.3) is 0 Å². The summed E-state index contributed by atoms with van der Waals surface area (Å²) in [7, 11) is 0. The number of rotatable bonds is 1. The number of nitrogens with one attached hydrogen (secondary N) is 1. The van der Waals surface area contributed by atoms with Crippen LogP contribution in [0, 0.1) is 11.7 Å². The van der Waals surface area contributed by atoms with Crippen LogP contribution in [-0.2, 0) is 15.1 Å². The van der Waals surface area contributed by atoms with Gasteiger partial charge in [0.2, 0.25) is 5.91 Å². The van der Waals surface area contributed by atoms with Gasteiger partial charge in [0.15, 0.2) is 5.82 Å². The largest absolute Gasteiger partial charge is 0.356 e. The maximum absolute atomic E-state index is 14.3. The lowest BCUT2D eigenvalue weighted by Crippen LogP contribution is -2.57. The number of pyridine rings is 1. The van der Waals surface area contributed by atoms with Gasteiger partial charge in [-0.25, -0.2) is 4.39 Å². The Labute approximate surface area is 203 Å². The van der Waals surface area contributed by atoms with Crippen molar-refractivity contribution in [3.05, 3.63) is 59.7 Å². The Hall–Kier alpha value is -3.33. The zero-order valence-corrected chi connectivity index (χ0v) is 19.5. The Morgan fingerprint density at radius 3 is 2.80 bits per heavy atom. The van der Waals surface area contributed by atoms with Crippen molar-refractivity contribution in [2.75, 3.05) is 37.6 Å². The molecule has 182 valence electrons. The number of hydrogen-bond donors (Lipinski definition) is 1. The monoisotopic (exact) mass is 477 g/mol. The number of para-hydroxylation sites is 1. The van der Waals surface area contributed by atoms with Crippen molar-refractivity contribution >= 4 is 23.4 Å². The van der Waals surface area contributed by atoms with E-state index in [0.717, 1.165) is 36.8 Å². The van der Waals surface area contributed by atoms with Gasteiger partial charge in [0.25, 0.3) is 11.8 Å². The van der Waals surface area contributed by atoms with Gasteiger partial charge in [-0.3, -0.25) is 24.3 Å². The third-order valence-corrected chi connectivity index (χ3v) is 8.12. The van der Waals surface area contributed by atoms with Gasteiger partial charge in [-0.15, -0.1) is 0 Å². The maximum Gasteiger partial charge on any atom is 0.257 e. The van der Waals surface area contributed by atoms with Crippen molar-refractivity contribution in [3.63, 3.8) is 0 Å². The molecule has 2 aromatic rings. The molecule has 6 rings (SSSR count). The summed E-state index contributed by atoms with van der Waals surface area (Å²) in [6.45, 7) is 2.06. The first-order valence-corrected chi connectivity index (χ1v) is 12.4. The van der Waals surface area contributed by atoms with Crippen molar-refractivity contribution in [3.8, 4) is 0 Å². The molecule has 1 spiro atoms. The second-order valence-electron chi connectivity index (χ2n) is 9.81. The highest BCUT2D eigenvalue weighted by molar-refractivity contribution is 6.11. The molecular weight excluding hydrogens is 449 g/mol. The average molecular weight is 478 g/mol. The minimum absolute atomic E-state index is 0.0449. The van der Waals surface area contributed by atoms with Crippen LogP contribution in [-0.4, -0.2) is 71.3 Å². The standard InChI is InChI=1S/C26H28FN5O3/c27-21-16-28-10-8-18(21)24(34)30-11-4-9-29-23(33)20-15-17-5-3-12-32(17)26(20)19-6-1-2-7-22(19)31(14-13-30)25(26)35/h1-2,6-8,10,16-17,20H,3-5,9,11-15H2,(H,29,33)/t17-,20-,26+/m0/s1. The topological polar surface area (TPSA) is 85.9 Å². The van der Waals surface area contributed by atoms with E-state index in [4.69, 9.17) is 0 Å². The molecule has 0 unspecified atom stereocenters. The fourth-order valence-corrected chi connectivity index (χ4v) is 6.64. The predicted molar refractivity (Wildman–Crippen MR) is 126 cm³/mol. The van der Waals surface area contributed by atoms with Crippen molar-refractivity contribution in [2.45, 2.75) is 37.3 Å². The number of aromatic nitrogens is 1. The molecule has 3 fully saturated rings. The van der Waals surface area contributed by atoms with E-state index in [1.54, 1.807) is 9.80 Å². The number of amides is 3. The summed E-state index contributed by atoms with van der Waals surface area (Å²) >= 11 is 0. The van der Waals surface area contributed by atoms with Gasteiger partial charge in [-0.1, -0.05) is 18.2 Å². The number of benzene rings is 1. The highest BCUT2D eigenvalue weighted by Crippen LogP contribution is 2.57. The SMILES string of the molecule is O=C1NCCCN(C(=O)c2ccncc2F)CCN2C(=O)[C@@]3(c4ccccc42)[C@H]1C[C@@H]1CCCN13. The molecular formula is C26H28FN5O3. The van der Waals surface area contributed by atoms with Crippen molar-refractivity contribution in [2.24, 2.45) is 5.92 Å². The summed E-state index contributed by atoms with van der Waals surface area (Å²) < 4.78 is 14.3. The van der Waals surface area contributed by atoms with Crippen LogP contribution < -0.4 is 10.2 Å². The van der Waals surface area contributed by atoms with Gasteiger partial charge in [-0.05, 0) is 44.4 Å². The third kappa shape index (κ3) is 3.21. The number of carbonyl (C=O) groups is 3. The molecule has 4 aliphatic heterocycles. The molecule has 0 saturated carbocycles. The predicted octanol–water partition coefficient (Wildman–Crippen LogP) is 1.91. The fourth-order valence-electron chi connectivity index (χ4n) is 6.64. The summed E-state index contributed by atoms with van der Waals surface area (Å²) in [5, 5.41) is 3.04. The van der Waals surface area contributed by atoms with Crippen LogP contribution in [0.3, 0.4) is 0 Å². The van der Waals surface area contributed by atoms with Gasteiger partial charge in [0.05, 0.1) is 17.7 Å². The third-order valence-electron chi connectivity index (χ3n) is 8.12. The van der Waals surface area contributed by atoms with Crippen molar-refractivity contribution in [1.29, 1.82) is 0 Å². The van der Waals surface area contributed by atoms with Crippen LogP contribution in [0.4, 0.5) is 10.1 Å². The number of anilines is 1. The van der Waals surface area contributed by atoms with Crippen molar-refractivity contribution in [1.82, 2.24) is 20.1 Å². The lowest BCUT2D eigenvalue weighted by Gasteiger charge is -2.38. The Bertz CT molecular complexity index is 1210. The van der Waals surface area contributed by atoms with Gasteiger partial charge >= 0.3 is 0 Å². The second-order valence-corrected chi connectivity index (χ2v) is 9.81. The summed E-state index contributed by atoms with van der Waals surface area (Å²) in [5.74, 6) is -1.77. The molecule has 5 heterocycles. The number of halogens is 1. The minimum atomic E-state index is -1.01. The fraction of sp³-hybridized carbons (Fsp3) is 0.462.